The first-order valence-corrected chi connectivity index (χ1v) is 14.3. The van der Waals surface area contributed by atoms with Crippen LogP contribution in [0.1, 0.15) is 43.5 Å². The molecule has 218 valence electrons. The van der Waals surface area contributed by atoms with E-state index in [0.29, 0.717) is 47.9 Å². The van der Waals surface area contributed by atoms with Crippen LogP contribution in [0.2, 0.25) is 0 Å². The van der Waals surface area contributed by atoms with Gasteiger partial charge in [0.2, 0.25) is 0 Å². The topological polar surface area (TPSA) is 89.2 Å². The van der Waals surface area contributed by atoms with Crippen LogP contribution < -0.4 is 9.64 Å². The van der Waals surface area contributed by atoms with E-state index in [-0.39, 0.29) is 23.9 Å². The van der Waals surface area contributed by atoms with E-state index in [1.54, 1.807) is 4.52 Å². The summed E-state index contributed by atoms with van der Waals surface area (Å²) < 4.78 is 29.6. The molecule has 0 spiro atoms. The number of carbonyl (C=O) groups is 1. The van der Waals surface area contributed by atoms with Gasteiger partial charge in [0.05, 0.1) is 24.3 Å². The Morgan fingerprint density at radius 2 is 1.90 bits per heavy atom. The Bertz CT molecular complexity index is 1700. The van der Waals surface area contributed by atoms with Gasteiger partial charge in [0.15, 0.2) is 17.2 Å². The number of anilines is 1. The summed E-state index contributed by atoms with van der Waals surface area (Å²) in [7, 11) is 0. The average molecular weight is 571 g/mol. The molecule has 1 N–H and O–H groups in total. The van der Waals surface area contributed by atoms with Crippen molar-refractivity contribution in [3.8, 4) is 28.1 Å². The molecule has 1 fully saturated rings. The summed E-state index contributed by atoms with van der Waals surface area (Å²) in [5.74, 6) is -0.382. The number of halogens is 1. The van der Waals surface area contributed by atoms with Gasteiger partial charge in [-0.15, -0.1) is 0 Å². The Morgan fingerprint density at radius 1 is 1.14 bits per heavy atom. The SMILES string of the molecule is Cc1cc(F)c2c(c1)-c1cccc(c1)-c1cc3nc(C)c(CC(=O)O)c(n3n1)N1CCC(C)(CC1)OC/C=C/C(C)O2. The average Bonchev–Trinajstić information content (AvgIpc) is 3.36. The molecule has 0 radical (unpaired) electrons. The second kappa shape index (κ2) is 10.9. The summed E-state index contributed by atoms with van der Waals surface area (Å²) in [5.41, 5.74) is 5.38. The third-order valence-electron chi connectivity index (χ3n) is 8.22. The van der Waals surface area contributed by atoms with Crippen LogP contribution >= 0.6 is 0 Å². The fourth-order valence-electron chi connectivity index (χ4n) is 5.93. The molecular formula is C33H35FN4O4. The van der Waals surface area contributed by atoms with Crippen molar-refractivity contribution >= 4 is 17.4 Å². The van der Waals surface area contributed by atoms with Crippen LogP contribution in [0.3, 0.4) is 0 Å². The van der Waals surface area contributed by atoms with Crippen LogP contribution in [0, 0.1) is 19.7 Å². The number of benzene rings is 2. The minimum atomic E-state index is -0.916. The lowest BCUT2D eigenvalue weighted by Crippen LogP contribution is -2.45. The van der Waals surface area contributed by atoms with Crippen LogP contribution in [-0.4, -0.2) is 57.1 Å². The summed E-state index contributed by atoms with van der Waals surface area (Å²) in [6.07, 6.45) is 4.82. The molecule has 42 heavy (non-hydrogen) atoms. The summed E-state index contributed by atoms with van der Waals surface area (Å²) in [6.45, 7) is 9.48. The van der Waals surface area contributed by atoms with Crippen molar-refractivity contribution in [1.82, 2.24) is 14.6 Å². The van der Waals surface area contributed by atoms with E-state index in [2.05, 4.69) is 11.8 Å². The highest BCUT2D eigenvalue weighted by Gasteiger charge is 2.33. The summed E-state index contributed by atoms with van der Waals surface area (Å²) in [4.78, 5) is 18.9. The molecule has 0 aliphatic carbocycles. The lowest BCUT2D eigenvalue weighted by Gasteiger charge is -2.40. The molecule has 1 saturated heterocycles. The van der Waals surface area contributed by atoms with Gasteiger partial charge in [-0.3, -0.25) is 4.79 Å². The number of hydrogen-bond acceptors (Lipinski definition) is 6. The van der Waals surface area contributed by atoms with Gasteiger partial charge in [-0.1, -0.05) is 24.3 Å². The zero-order chi connectivity index (χ0) is 29.6. The predicted molar refractivity (Wildman–Crippen MR) is 160 cm³/mol. The largest absolute Gasteiger partial charge is 0.483 e. The number of piperidine rings is 1. The first-order chi connectivity index (χ1) is 20.1. The van der Waals surface area contributed by atoms with Crippen LogP contribution in [-0.2, 0) is 16.0 Å². The van der Waals surface area contributed by atoms with Gasteiger partial charge >= 0.3 is 5.97 Å². The van der Waals surface area contributed by atoms with E-state index in [1.165, 1.54) is 6.07 Å². The predicted octanol–water partition coefficient (Wildman–Crippen LogP) is 6.16. The first kappa shape index (κ1) is 27.9. The molecule has 9 heteroatoms. The number of nitrogens with zero attached hydrogens (tertiary/aromatic N) is 4. The molecule has 4 aromatic rings. The monoisotopic (exact) mass is 570 g/mol. The number of aliphatic carboxylic acids is 1. The van der Waals surface area contributed by atoms with E-state index in [1.807, 2.05) is 69.3 Å². The maximum absolute atomic E-state index is 15.3. The van der Waals surface area contributed by atoms with E-state index in [0.717, 1.165) is 35.3 Å². The van der Waals surface area contributed by atoms with E-state index >= 15 is 4.39 Å². The Morgan fingerprint density at radius 3 is 2.67 bits per heavy atom. The van der Waals surface area contributed by atoms with E-state index in [4.69, 9.17) is 19.6 Å². The van der Waals surface area contributed by atoms with Crippen LogP contribution in [0.4, 0.5) is 10.2 Å². The fraction of sp³-hybridized carbons (Fsp3) is 0.364. The van der Waals surface area contributed by atoms with Gasteiger partial charge in [0.1, 0.15) is 11.9 Å². The highest BCUT2D eigenvalue weighted by Crippen LogP contribution is 2.38. The third kappa shape index (κ3) is 5.36. The quantitative estimate of drug-likeness (QED) is 0.289. The number of aromatic nitrogens is 3. The summed E-state index contributed by atoms with van der Waals surface area (Å²) >= 11 is 0. The molecule has 1 atom stereocenters. The zero-order valence-electron chi connectivity index (χ0n) is 24.4. The van der Waals surface area contributed by atoms with Gasteiger partial charge in [0, 0.05) is 41.5 Å². The standard InChI is InChI=1S/C33H35FN4O4/c1-20-15-26-23-8-5-9-24(17-23)28-19-29-35-22(3)25(18-30(39)40)32(38(29)36-28)37-12-10-33(4,11-13-37)41-14-6-7-21(2)42-31(26)27(34)16-20/h5-9,15-17,19,21H,10-14,18H2,1-4H3,(H,39,40)/b7-6+. The lowest BCUT2D eigenvalue weighted by atomic mass is 9.93. The number of fused-ring (bicyclic) bond motifs is 6. The number of ether oxygens (including phenoxy) is 2. The van der Waals surface area contributed by atoms with Crippen molar-refractivity contribution in [2.45, 2.75) is 58.7 Å². The maximum atomic E-state index is 15.3. The summed E-state index contributed by atoms with van der Waals surface area (Å²) in [5, 5.41) is 14.7. The van der Waals surface area contributed by atoms with Crippen LogP contribution in [0.15, 0.2) is 54.6 Å². The Hall–Kier alpha value is -4.24. The first-order valence-electron chi connectivity index (χ1n) is 14.3. The van der Waals surface area contributed by atoms with Crippen molar-refractivity contribution in [3.63, 3.8) is 0 Å². The second-order valence-corrected chi connectivity index (χ2v) is 11.6. The molecule has 8 nitrogen and oxygen atoms in total. The fourth-order valence-corrected chi connectivity index (χ4v) is 5.93. The lowest BCUT2D eigenvalue weighted by molar-refractivity contribution is -0.136. The molecule has 3 aliphatic rings. The maximum Gasteiger partial charge on any atom is 0.308 e. The Labute approximate surface area is 244 Å². The molecule has 5 heterocycles. The van der Waals surface area contributed by atoms with Crippen molar-refractivity contribution in [2.75, 3.05) is 24.6 Å². The van der Waals surface area contributed by atoms with Gasteiger partial charge in [0.25, 0.3) is 0 Å². The third-order valence-corrected chi connectivity index (χ3v) is 8.22. The highest BCUT2D eigenvalue weighted by atomic mass is 19.1. The Kier molecular flexibility index (Phi) is 7.22. The van der Waals surface area contributed by atoms with Crippen molar-refractivity contribution in [2.24, 2.45) is 0 Å². The van der Waals surface area contributed by atoms with Gasteiger partial charge < -0.3 is 19.5 Å². The molecule has 1 unspecified atom stereocenters. The van der Waals surface area contributed by atoms with Crippen LogP contribution in [0.5, 0.6) is 5.75 Å². The molecule has 3 aliphatic heterocycles. The molecule has 0 saturated carbocycles. The number of hydrogen-bond donors (Lipinski definition) is 1. The van der Waals surface area contributed by atoms with E-state index < -0.39 is 11.8 Å². The highest BCUT2D eigenvalue weighted by molar-refractivity contribution is 5.78. The smallest absolute Gasteiger partial charge is 0.308 e. The molecule has 0 amide bonds. The molecule has 2 aromatic heterocycles. The Balaban J connectivity index is 1.55. The number of carboxylic acids is 1. The molecular weight excluding hydrogens is 535 g/mol. The molecule has 7 rings (SSSR count). The summed E-state index contributed by atoms with van der Waals surface area (Å²) in [6, 6.07) is 13.1. The number of aryl methyl sites for hydroxylation is 2. The van der Waals surface area contributed by atoms with Crippen molar-refractivity contribution in [3.05, 3.63) is 77.3 Å². The van der Waals surface area contributed by atoms with Crippen LogP contribution in [0.25, 0.3) is 28.0 Å². The number of rotatable bonds is 2. The minimum absolute atomic E-state index is 0.149. The van der Waals surface area contributed by atoms with Gasteiger partial charge in [-0.2, -0.15) is 9.61 Å². The number of carboxylic acid groups (broad SMARTS) is 1. The van der Waals surface area contributed by atoms with E-state index in [9.17, 15) is 9.90 Å². The molecule has 6 bridgehead atoms. The molecule has 2 aromatic carbocycles. The normalized spacial score (nSPS) is 21.4. The van der Waals surface area contributed by atoms with Gasteiger partial charge in [-0.25, -0.2) is 9.37 Å². The van der Waals surface area contributed by atoms with Crippen molar-refractivity contribution in [1.29, 1.82) is 0 Å². The van der Waals surface area contributed by atoms with Crippen molar-refractivity contribution < 1.29 is 23.8 Å². The zero-order valence-corrected chi connectivity index (χ0v) is 24.4. The second-order valence-electron chi connectivity index (χ2n) is 11.6. The minimum Gasteiger partial charge on any atom is -0.483 e. The van der Waals surface area contributed by atoms with Gasteiger partial charge in [-0.05, 0) is 75.9 Å².